The van der Waals surface area contributed by atoms with E-state index < -0.39 is 0 Å². The Morgan fingerprint density at radius 3 is 2.42 bits per heavy atom. The van der Waals surface area contributed by atoms with Gasteiger partial charge in [-0.1, -0.05) is 23.9 Å². The molecule has 0 aliphatic heterocycles. The van der Waals surface area contributed by atoms with Crippen LogP contribution in [0.4, 0.5) is 4.39 Å². The highest BCUT2D eigenvalue weighted by Crippen LogP contribution is 2.36. The third kappa shape index (κ3) is 4.03. The Bertz CT molecular complexity index is 528. The fourth-order valence-corrected chi connectivity index (χ4v) is 2.96. The van der Waals surface area contributed by atoms with Crippen molar-refractivity contribution in [3.05, 3.63) is 58.4 Å². The Balaban J connectivity index is 2.21. The number of halogens is 2. The normalized spacial score (nSPS) is 14.1. The van der Waals surface area contributed by atoms with Crippen LogP contribution in [-0.4, -0.2) is 11.0 Å². The molecule has 0 aliphatic rings. The van der Waals surface area contributed by atoms with Gasteiger partial charge in [-0.15, -0.1) is 0 Å². The number of thioether (sulfide) groups is 1. The first-order valence-corrected chi connectivity index (χ1v) is 7.53. The van der Waals surface area contributed by atoms with E-state index in [4.69, 9.17) is 5.73 Å². The number of hydrogen-bond acceptors (Lipinski definition) is 3. The summed E-state index contributed by atoms with van der Waals surface area (Å²) in [5, 5.41) is 0.948. The molecule has 2 N–H and O–H groups in total. The molecule has 2 nitrogen and oxygen atoms in total. The SMILES string of the molecule is CC(N)C(Sc1ccc(Br)cn1)c1ccc(F)cc1. The van der Waals surface area contributed by atoms with Crippen LogP contribution in [0.1, 0.15) is 17.7 Å². The quantitative estimate of drug-likeness (QED) is 0.849. The van der Waals surface area contributed by atoms with Gasteiger partial charge in [-0.3, -0.25) is 0 Å². The summed E-state index contributed by atoms with van der Waals surface area (Å²) >= 11 is 4.94. The minimum Gasteiger partial charge on any atom is -0.327 e. The van der Waals surface area contributed by atoms with E-state index >= 15 is 0 Å². The molecule has 0 bridgehead atoms. The van der Waals surface area contributed by atoms with Crippen LogP contribution in [0.25, 0.3) is 0 Å². The molecule has 2 aromatic rings. The second-order valence-electron chi connectivity index (χ2n) is 4.26. The van der Waals surface area contributed by atoms with Crippen molar-refractivity contribution in [1.29, 1.82) is 0 Å². The van der Waals surface area contributed by atoms with E-state index in [0.717, 1.165) is 15.1 Å². The summed E-state index contributed by atoms with van der Waals surface area (Å²) in [5.74, 6) is -0.237. The minimum atomic E-state index is -0.237. The number of rotatable bonds is 4. The summed E-state index contributed by atoms with van der Waals surface area (Å²) < 4.78 is 13.9. The largest absolute Gasteiger partial charge is 0.327 e. The number of pyridine rings is 1. The molecule has 0 amide bonds. The van der Waals surface area contributed by atoms with Crippen molar-refractivity contribution in [2.75, 3.05) is 0 Å². The zero-order chi connectivity index (χ0) is 13.8. The van der Waals surface area contributed by atoms with Crippen molar-refractivity contribution in [3.8, 4) is 0 Å². The Kier molecular flexibility index (Phi) is 4.96. The molecule has 1 aromatic carbocycles. The van der Waals surface area contributed by atoms with Crippen LogP contribution in [0.2, 0.25) is 0 Å². The van der Waals surface area contributed by atoms with Crippen LogP contribution in [-0.2, 0) is 0 Å². The van der Waals surface area contributed by atoms with Crippen molar-refractivity contribution in [2.24, 2.45) is 5.73 Å². The van der Waals surface area contributed by atoms with Crippen LogP contribution >= 0.6 is 27.7 Å². The molecule has 0 saturated carbocycles. The van der Waals surface area contributed by atoms with E-state index in [0.29, 0.717) is 0 Å². The molecule has 0 radical (unpaired) electrons. The maximum atomic E-state index is 13.0. The fraction of sp³-hybridized carbons (Fsp3) is 0.214. The van der Waals surface area contributed by atoms with Crippen LogP contribution in [0.15, 0.2) is 52.1 Å². The van der Waals surface area contributed by atoms with E-state index in [-0.39, 0.29) is 17.1 Å². The van der Waals surface area contributed by atoms with Gasteiger partial charge in [-0.05, 0) is 52.7 Å². The number of aromatic nitrogens is 1. The molecule has 1 heterocycles. The molecule has 0 fully saturated rings. The van der Waals surface area contributed by atoms with Crippen molar-refractivity contribution in [1.82, 2.24) is 4.98 Å². The smallest absolute Gasteiger partial charge is 0.123 e. The van der Waals surface area contributed by atoms with Gasteiger partial charge < -0.3 is 5.73 Å². The first-order valence-electron chi connectivity index (χ1n) is 5.85. The molecule has 0 spiro atoms. The zero-order valence-corrected chi connectivity index (χ0v) is 12.8. The van der Waals surface area contributed by atoms with Gasteiger partial charge >= 0.3 is 0 Å². The highest BCUT2D eigenvalue weighted by Gasteiger charge is 2.18. The molecular weight excluding hydrogens is 327 g/mol. The summed E-state index contributed by atoms with van der Waals surface area (Å²) in [6.45, 7) is 1.94. The van der Waals surface area contributed by atoms with E-state index in [1.54, 1.807) is 30.1 Å². The topological polar surface area (TPSA) is 38.9 Å². The first-order chi connectivity index (χ1) is 9.06. The van der Waals surface area contributed by atoms with Gasteiger partial charge in [0.25, 0.3) is 0 Å². The molecular formula is C14H14BrFN2S. The number of benzene rings is 1. The van der Waals surface area contributed by atoms with Crippen LogP contribution < -0.4 is 5.73 Å². The molecule has 19 heavy (non-hydrogen) atoms. The Hall–Kier alpha value is -0.910. The summed E-state index contributed by atoms with van der Waals surface area (Å²) in [7, 11) is 0. The average Bonchev–Trinajstić information content (AvgIpc) is 2.39. The Morgan fingerprint density at radius 2 is 1.89 bits per heavy atom. The summed E-state index contributed by atoms with van der Waals surface area (Å²) in [6, 6.07) is 10.3. The predicted octanol–water partition coefficient (Wildman–Crippen LogP) is 4.16. The molecule has 0 aliphatic carbocycles. The van der Waals surface area contributed by atoms with Crippen LogP contribution in [0.5, 0.6) is 0 Å². The van der Waals surface area contributed by atoms with E-state index in [1.165, 1.54) is 12.1 Å². The summed E-state index contributed by atoms with van der Waals surface area (Å²) in [5.41, 5.74) is 7.04. The van der Waals surface area contributed by atoms with Gasteiger partial charge in [0.2, 0.25) is 0 Å². The molecule has 2 atom stereocenters. The van der Waals surface area contributed by atoms with Crippen molar-refractivity contribution in [3.63, 3.8) is 0 Å². The maximum Gasteiger partial charge on any atom is 0.123 e. The lowest BCUT2D eigenvalue weighted by atomic mass is 10.1. The molecule has 2 unspecified atom stereocenters. The zero-order valence-electron chi connectivity index (χ0n) is 10.4. The molecule has 100 valence electrons. The average molecular weight is 341 g/mol. The number of nitrogens with zero attached hydrogens (tertiary/aromatic N) is 1. The van der Waals surface area contributed by atoms with Crippen LogP contribution in [0.3, 0.4) is 0 Å². The maximum absolute atomic E-state index is 13.0. The highest BCUT2D eigenvalue weighted by atomic mass is 79.9. The second-order valence-corrected chi connectivity index (χ2v) is 6.34. The van der Waals surface area contributed by atoms with Gasteiger partial charge in [0.05, 0.1) is 10.3 Å². The highest BCUT2D eigenvalue weighted by molar-refractivity contribution is 9.10. The van der Waals surface area contributed by atoms with Crippen molar-refractivity contribution in [2.45, 2.75) is 23.2 Å². The number of nitrogens with two attached hydrogens (primary N) is 1. The second kappa shape index (κ2) is 6.50. The van der Waals surface area contributed by atoms with Gasteiger partial charge in [0, 0.05) is 16.7 Å². The van der Waals surface area contributed by atoms with Crippen LogP contribution in [0, 0.1) is 5.82 Å². The monoisotopic (exact) mass is 340 g/mol. The lowest BCUT2D eigenvalue weighted by molar-refractivity contribution is 0.625. The third-order valence-corrected chi connectivity index (χ3v) is 4.53. The van der Waals surface area contributed by atoms with Gasteiger partial charge in [-0.25, -0.2) is 9.37 Å². The van der Waals surface area contributed by atoms with Gasteiger partial charge in [0.15, 0.2) is 0 Å². The van der Waals surface area contributed by atoms with E-state index in [9.17, 15) is 4.39 Å². The van der Waals surface area contributed by atoms with Crippen molar-refractivity contribution >= 4 is 27.7 Å². The molecule has 2 rings (SSSR count). The molecule has 5 heteroatoms. The van der Waals surface area contributed by atoms with E-state index in [2.05, 4.69) is 20.9 Å². The number of hydrogen-bond donors (Lipinski definition) is 1. The fourth-order valence-electron chi connectivity index (χ4n) is 1.69. The summed E-state index contributed by atoms with van der Waals surface area (Å²) in [6.07, 6.45) is 1.76. The Morgan fingerprint density at radius 1 is 1.21 bits per heavy atom. The minimum absolute atomic E-state index is 0.0503. The predicted molar refractivity (Wildman–Crippen MR) is 80.6 cm³/mol. The van der Waals surface area contributed by atoms with E-state index in [1.807, 2.05) is 19.1 Å². The third-order valence-electron chi connectivity index (χ3n) is 2.62. The first kappa shape index (κ1) is 14.5. The summed E-state index contributed by atoms with van der Waals surface area (Å²) in [4.78, 5) is 4.33. The molecule has 0 saturated heterocycles. The Labute approximate surface area is 124 Å². The van der Waals surface area contributed by atoms with Gasteiger partial charge in [0.1, 0.15) is 5.82 Å². The lowest BCUT2D eigenvalue weighted by Crippen LogP contribution is -2.22. The lowest BCUT2D eigenvalue weighted by Gasteiger charge is -2.20. The standard InChI is InChI=1S/C14H14BrFN2S/c1-9(17)14(10-2-5-12(16)6-3-10)19-13-7-4-11(15)8-18-13/h2-9,14H,17H2,1H3. The molecule has 1 aromatic heterocycles. The van der Waals surface area contributed by atoms with Gasteiger partial charge in [-0.2, -0.15) is 0 Å². The van der Waals surface area contributed by atoms with Crippen molar-refractivity contribution < 1.29 is 4.39 Å².